The van der Waals surface area contributed by atoms with E-state index < -0.39 is 62.9 Å². The van der Waals surface area contributed by atoms with E-state index in [1.165, 1.54) is 16.0 Å². The van der Waals surface area contributed by atoms with E-state index in [9.17, 15) is 46.2 Å². The number of nitro groups is 1. The number of nitrogens with one attached hydrogen (secondary N) is 2. The van der Waals surface area contributed by atoms with Crippen molar-refractivity contribution in [3.63, 3.8) is 0 Å². The number of carbonyl (C=O) groups is 1. The van der Waals surface area contributed by atoms with Crippen LogP contribution in [0.25, 0.3) is 0 Å². The Bertz CT molecular complexity index is 1500. The lowest BCUT2D eigenvalue weighted by atomic mass is 10.1. The fourth-order valence-electron chi connectivity index (χ4n) is 5.32. The molecule has 0 spiro atoms. The van der Waals surface area contributed by atoms with Crippen molar-refractivity contribution in [1.29, 1.82) is 0 Å². The average molecular weight is 735 g/mol. The van der Waals surface area contributed by atoms with Crippen LogP contribution in [0.1, 0.15) is 31.9 Å². The standard InChI is InChI=1S/C31H44F6N10O4/c1-5-43(6-2)13-15-45(11-9-38)27-23(17-21(30(32,33)34)19-25(27)42-49)40-29(48)41-24-18-22(31(35,36)37)20-26(47(50)51)28(24)46(12-10-39)16-14-44(7-3)8-4/h5,17-20H,1,6-16,38-39H2,2-4H3,(H2,40,41,48). The summed E-state index contributed by atoms with van der Waals surface area (Å²) in [5, 5.41) is 19.4. The number of nitrogens with two attached hydrogens (primary N) is 2. The topological polar surface area (TPSA) is 179 Å². The number of urea groups is 1. The van der Waals surface area contributed by atoms with Gasteiger partial charge in [-0.15, -0.1) is 4.91 Å². The van der Waals surface area contributed by atoms with Crippen LogP contribution in [-0.4, -0.2) is 92.7 Å². The first-order valence-electron chi connectivity index (χ1n) is 16.0. The number of benzene rings is 2. The minimum absolute atomic E-state index is 0.0105. The lowest BCUT2D eigenvalue weighted by Gasteiger charge is -2.31. The molecule has 20 heteroatoms. The normalized spacial score (nSPS) is 11.7. The van der Waals surface area contributed by atoms with E-state index in [1.54, 1.807) is 4.90 Å². The summed E-state index contributed by atoms with van der Waals surface area (Å²) >= 11 is 0. The van der Waals surface area contributed by atoms with Gasteiger partial charge >= 0.3 is 18.4 Å². The third-order valence-corrected chi connectivity index (χ3v) is 7.96. The van der Waals surface area contributed by atoms with E-state index in [4.69, 9.17) is 11.5 Å². The zero-order chi connectivity index (χ0) is 38.5. The van der Waals surface area contributed by atoms with Gasteiger partial charge in [-0.2, -0.15) is 26.3 Å². The van der Waals surface area contributed by atoms with Gasteiger partial charge in [-0.1, -0.05) is 20.4 Å². The molecule has 0 aliphatic heterocycles. The van der Waals surface area contributed by atoms with Crippen LogP contribution in [-0.2, 0) is 12.4 Å². The number of alkyl halides is 6. The maximum Gasteiger partial charge on any atom is 0.416 e. The average Bonchev–Trinajstić information content (AvgIpc) is 3.06. The monoisotopic (exact) mass is 734 g/mol. The van der Waals surface area contributed by atoms with Gasteiger partial charge in [0.05, 0.1) is 33.1 Å². The van der Waals surface area contributed by atoms with Crippen LogP contribution in [0.4, 0.5) is 65.3 Å². The van der Waals surface area contributed by atoms with Crippen LogP contribution < -0.4 is 31.9 Å². The summed E-state index contributed by atoms with van der Waals surface area (Å²) in [4.78, 5) is 43.2. The van der Waals surface area contributed by atoms with E-state index in [1.807, 2.05) is 25.7 Å². The number of amides is 2. The SMILES string of the molecule is C=CN(CC)CCN(CCN)c1c(N=O)cc(C(F)(F)F)cc1NC(=O)Nc1cc(C(F)(F)F)cc([N+](=O)[O-])c1N(CCN)CCN(CC)CC. The highest BCUT2D eigenvalue weighted by Gasteiger charge is 2.37. The Morgan fingerprint density at radius 3 is 1.75 bits per heavy atom. The molecule has 51 heavy (non-hydrogen) atoms. The molecule has 2 aromatic carbocycles. The predicted molar refractivity (Wildman–Crippen MR) is 185 cm³/mol. The van der Waals surface area contributed by atoms with Crippen molar-refractivity contribution in [1.82, 2.24) is 9.80 Å². The van der Waals surface area contributed by atoms with Crippen LogP contribution >= 0.6 is 0 Å². The molecule has 0 bridgehead atoms. The van der Waals surface area contributed by atoms with Gasteiger partial charge in [-0.05, 0) is 49.6 Å². The van der Waals surface area contributed by atoms with Gasteiger partial charge < -0.3 is 41.7 Å². The molecular weight excluding hydrogens is 690 g/mol. The zero-order valence-electron chi connectivity index (χ0n) is 28.6. The van der Waals surface area contributed by atoms with E-state index in [0.29, 0.717) is 50.4 Å². The Kier molecular flexibility index (Phi) is 15.9. The van der Waals surface area contributed by atoms with Gasteiger partial charge in [0.15, 0.2) is 0 Å². The van der Waals surface area contributed by atoms with Crippen molar-refractivity contribution in [3.05, 3.63) is 63.2 Å². The van der Waals surface area contributed by atoms with Gasteiger partial charge in [-0.25, -0.2) is 4.79 Å². The molecule has 2 aromatic rings. The molecule has 0 aromatic heterocycles. The second kappa shape index (κ2) is 19.1. The van der Waals surface area contributed by atoms with Gasteiger partial charge in [0.1, 0.15) is 11.4 Å². The van der Waals surface area contributed by atoms with E-state index in [-0.39, 0.29) is 51.5 Å². The fourth-order valence-corrected chi connectivity index (χ4v) is 5.32. The second-order valence-corrected chi connectivity index (χ2v) is 11.1. The fraction of sp³-hybridized carbons (Fsp3) is 0.516. The van der Waals surface area contributed by atoms with E-state index in [2.05, 4.69) is 22.4 Å². The smallest absolute Gasteiger partial charge is 0.376 e. The molecule has 2 amide bonds. The molecule has 6 N–H and O–H groups in total. The number of rotatable bonds is 20. The maximum absolute atomic E-state index is 14.0. The van der Waals surface area contributed by atoms with Crippen molar-refractivity contribution in [3.8, 4) is 0 Å². The minimum atomic E-state index is -5.09. The van der Waals surface area contributed by atoms with Crippen molar-refractivity contribution >= 4 is 40.2 Å². The van der Waals surface area contributed by atoms with Crippen molar-refractivity contribution in [2.24, 2.45) is 16.6 Å². The lowest BCUT2D eigenvalue weighted by Crippen LogP contribution is -2.38. The summed E-state index contributed by atoms with van der Waals surface area (Å²) in [5.74, 6) is 0. The van der Waals surface area contributed by atoms with E-state index in [0.717, 1.165) is 0 Å². The molecular formula is C31H44F6N10O4. The van der Waals surface area contributed by atoms with Crippen LogP contribution in [0.2, 0.25) is 0 Å². The Morgan fingerprint density at radius 1 is 0.824 bits per heavy atom. The highest BCUT2D eigenvalue weighted by atomic mass is 19.4. The predicted octanol–water partition coefficient (Wildman–Crippen LogP) is 6.01. The first-order chi connectivity index (χ1) is 24.0. The summed E-state index contributed by atoms with van der Waals surface area (Å²) < 4.78 is 83.8. The minimum Gasteiger partial charge on any atom is -0.376 e. The van der Waals surface area contributed by atoms with Gasteiger partial charge in [-0.3, -0.25) is 10.1 Å². The molecule has 0 aliphatic carbocycles. The van der Waals surface area contributed by atoms with Gasteiger partial charge in [0.2, 0.25) is 0 Å². The van der Waals surface area contributed by atoms with Crippen molar-refractivity contribution in [2.75, 3.05) is 92.4 Å². The highest BCUT2D eigenvalue weighted by Crippen LogP contribution is 2.44. The lowest BCUT2D eigenvalue weighted by molar-refractivity contribution is -0.384. The number of hydrogen-bond donors (Lipinski definition) is 4. The molecule has 0 atom stereocenters. The quantitative estimate of drug-likeness (QED) is 0.0545. The molecule has 0 fully saturated rings. The van der Waals surface area contributed by atoms with Gasteiger partial charge in [0, 0.05) is 65.0 Å². The van der Waals surface area contributed by atoms with Crippen molar-refractivity contribution in [2.45, 2.75) is 33.1 Å². The Morgan fingerprint density at radius 2 is 1.31 bits per heavy atom. The second-order valence-electron chi connectivity index (χ2n) is 11.1. The number of likely N-dealkylation sites (N-methyl/N-ethyl adjacent to an activating group) is 2. The molecule has 0 heterocycles. The van der Waals surface area contributed by atoms with Crippen LogP contribution in [0.15, 0.2) is 42.2 Å². The van der Waals surface area contributed by atoms with Crippen molar-refractivity contribution < 1.29 is 36.1 Å². The van der Waals surface area contributed by atoms with Crippen LogP contribution in [0.3, 0.4) is 0 Å². The molecule has 0 aliphatic rings. The number of nitrogens with zero attached hydrogens (tertiary/aromatic N) is 6. The Balaban J connectivity index is 2.79. The molecule has 284 valence electrons. The third-order valence-electron chi connectivity index (χ3n) is 7.96. The number of hydrogen-bond acceptors (Lipinski definition) is 11. The van der Waals surface area contributed by atoms with E-state index >= 15 is 0 Å². The summed E-state index contributed by atoms with van der Waals surface area (Å²) in [6.45, 7) is 11.5. The highest BCUT2D eigenvalue weighted by molar-refractivity contribution is 6.05. The summed E-state index contributed by atoms with van der Waals surface area (Å²) in [5.41, 5.74) is 5.17. The summed E-state index contributed by atoms with van der Waals surface area (Å²) in [7, 11) is 0. The first-order valence-corrected chi connectivity index (χ1v) is 16.0. The Labute approximate surface area is 291 Å². The summed E-state index contributed by atoms with van der Waals surface area (Å²) in [6.07, 6.45) is -8.57. The maximum atomic E-state index is 14.0. The first kappa shape index (κ1) is 42.5. The number of anilines is 4. The number of nitroso groups, excluding NO2 is 1. The zero-order valence-corrected chi connectivity index (χ0v) is 28.6. The third kappa shape index (κ3) is 11.7. The molecule has 0 radical (unpaired) electrons. The molecule has 0 unspecified atom stereocenters. The number of carbonyl (C=O) groups excluding carboxylic acids is 1. The Hall–Kier alpha value is -4.69. The van der Waals surface area contributed by atoms with Gasteiger partial charge in [0.25, 0.3) is 5.69 Å². The number of halogens is 6. The van der Waals surface area contributed by atoms with Crippen LogP contribution in [0, 0.1) is 15.0 Å². The molecule has 0 saturated carbocycles. The number of nitro benzene ring substituents is 1. The van der Waals surface area contributed by atoms with Crippen LogP contribution in [0.5, 0.6) is 0 Å². The molecule has 0 saturated heterocycles. The summed E-state index contributed by atoms with van der Waals surface area (Å²) in [6, 6.07) is 0.490. The molecule has 2 rings (SSSR count). The molecule has 14 nitrogen and oxygen atoms in total. The largest absolute Gasteiger partial charge is 0.416 e.